The molecule has 0 aromatic heterocycles. The lowest BCUT2D eigenvalue weighted by molar-refractivity contribution is -0.115. The fourth-order valence-electron chi connectivity index (χ4n) is 3.70. The van der Waals surface area contributed by atoms with Crippen LogP contribution in [0.15, 0.2) is 47.7 Å². The molecule has 1 aromatic carbocycles. The number of nitrogens with zero attached hydrogens (tertiary/aromatic N) is 1. The number of rotatable bonds is 1. The topological polar surface area (TPSA) is 20.3 Å². The zero-order chi connectivity index (χ0) is 13.5. The van der Waals surface area contributed by atoms with Gasteiger partial charge in [-0.2, -0.15) is 0 Å². The quantitative estimate of drug-likeness (QED) is 0.773. The average Bonchev–Trinajstić information content (AvgIpc) is 2.90. The Hall–Kier alpha value is -1.83. The van der Waals surface area contributed by atoms with Crippen molar-refractivity contribution in [1.82, 2.24) is 4.90 Å². The van der Waals surface area contributed by atoms with Gasteiger partial charge in [-0.15, -0.1) is 0 Å². The van der Waals surface area contributed by atoms with Crippen LogP contribution in [0, 0.1) is 5.92 Å². The van der Waals surface area contributed by atoms with Gasteiger partial charge in [-0.3, -0.25) is 4.79 Å². The maximum absolute atomic E-state index is 11.6. The molecule has 0 N–H and O–H groups in total. The third kappa shape index (κ3) is 2.00. The number of carbonyl (C=O) groups excluding carboxylic acids is 1. The Morgan fingerprint density at radius 3 is 2.40 bits per heavy atom. The van der Waals surface area contributed by atoms with Gasteiger partial charge < -0.3 is 4.90 Å². The van der Waals surface area contributed by atoms with Crippen molar-refractivity contribution in [3.05, 3.63) is 58.8 Å². The normalized spacial score (nSPS) is 24.9. The van der Waals surface area contributed by atoms with Gasteiger partial charge in [0.1, 0.15) is 0 Å². The van der Waals surface area contributed by atoms with Crippen LogP contribution in [0.25, 0.3) is 0 Å². The van der Waals surface area contributed by atoms with Crippen LogP contribution < -0.4 is 0 Å². The average molecular weight is 265 g/mol. The minimum absolute atomic E-state index is 0.304. The number of benzene rings is 1. The monoisotopic (exact) mass is 265 g/mol. The molecule has 1 heterocycles. The molecule has 1 atom stereocenters. The summed E-state index contributed by atoms with van der Waals surface area (Å²) in [6.45, 7) is 2.04. The van der Waals surface area contributed by atoms with E-state index < -0.39 is 0 Å². The molecule has 2 aliphatic carbocycles. The van der Waals surface area contributed by atoms with Gasteiger partial charge in [0.2, 0.25) is 0 Å². The molecule has 0 bridgehead atoms. The number of ketones is 1. The summed E-state index contributed by atoms with van der Waals surface area (Å²) >= 11 is 0. The van der Waals surface area contributed by atoms with Crippen molar-refractivity contribution >= 4 is 5.78 Å². The molecule has 0 saturated carbocycles. The van der Waals surface area contributed by atoms with Crippen molar-refractivity contribution in [2.45, 2.75) is 38.8 Å². The number of hydrogen-bond donors (Lipinski definition) is 0. The van der Waals surface area contributed by atoms with Crippen LogP contribution in [-0.2, 0) is 17.9 Å². The van der Waals surface area contributed by atoms with E-state index in [0.29, 0.717) is 11.7 Å². The first-order chi connectivity index (χ1) is 9.79. The molecular formula is C18H19NO. The van der Waals surface area contributed by atoms with Crippen molar-refractivity contribution in [3.8, 4) is 0 Å². The molecule has 0 amide bonds. The molecular weight excluding hydrogens is 246 g/mol. The van der Waals surface area contributed by atoms with E-state index in [4.69, 9.17) is 0 Å². The predicted molar refractivity (Wildman–Crippen MR) is 78.8 cm³/mol. The fraction of sp³-hybridized carbons (Fsp3) is 0.389. The summed E-state index contributed by atoms with van der Waals surface area (Å²) in [6.07, 6.45) is 8.33. The lowest BCUT2D eigenvalue weighted by Crippen LogP contribution is -2.23. The van der Waals surface area contributed by atoms with E-state index in [9.17, 15) is 4.79 Å². The van der Waals surface area contributed by atoms with Crippen LogP contribution >= 0.6 is 0 Å². The van der Waals surface area contributed by atoms with E-state index in [1.807, 2.05) is 6.08 Å². The summed E-state index contributed by atoms with van der Waals surface area (Å²) in [7, 11) is 0. The van der Waals surface area contributed by atoms with Crippen LogP contribution in [-0.4, -0.2) is 10.7 Å². The van der Waals surface area contributed by atoms with Crippen molar-refractivity contribution in [2.24, 2.45) is 5.92 Å². The largest absolute Gasteiger partial charge is 0.366 e. The molecule has 4 rings (SSSR count). The summed E-state index contributed by atoms with van der Waals surface area (Å²) in [5.41, 5.74) is 5.59. The molecule has 0 saturated heterocycles. The standard InChI is InChI=1S/C18H19NO/c20-18-8-6-13-5-7-17(9-16(13)10-18)19-11-14-3-1-2-4-15(14)12-19/h1-4,9-10,13H,5-8,11-12H2. The number of hydrogen-bond acceptors (Lipinski definition) is 2. The van der Waals surface area contributed by atoms with Crippen LogP contribution in [0.1, 0.15) is 36.8 Å². The Balaban J connectivity index is 1.60. The highest BCUT2D eigenvalue weighted by Gasteiger charge is 2.28. The van der Waals surface area contributed by atoms with Crippen molar-refractivity contribution in [1.29, 1.82) is 0 Å². The summed E-state index contributed by atoms with van der Waals surface area (Å²) in [4.78, 5) is 14.1. The van der Waals surface area contributed by atoms with Gasteiger partial charge in [0.05, 0.1) is 0 Å². The van der Waals surface area contributed by atoms with Crippen LogP contribution in [0.5, 0.6) is 0 Å². The van der Waals surface area contributed by atoms with Crippen LogP contribution in [0.3, 0.4) is 0 Å². The Kier molecular flexibility index (Phi) is 2.76. The second-order valence-corrected chi connectivity index (χ2v) is 6.15. The summed E-state index contributed by atoms with van der Waals surface area (Å²) in [6, 6.07) is 8.70. The molecule has 1 aromatic rings. The highest BCUT2D eigenvalue weighted by molar-refractivity contribution is 5.91. The Morgan fingerprint density at radius 1 is 0.950 bits per heavy atom. The van der Waals surface area contributed by atoms with Gasteiger partial charge in [0, 0.05) is 25.2 Å². The third-order valence-corrected chi connectivity index (χ3v) is 4.87. The fourth-order valence-corrected chi connectivity index (χ4v) is 3.70. The van der Waals surface area contributed by atoms with E-state index in [-0.39, 0.29) is 0 Å². The van der Waals surface area contributed by atoms with Gasteiger partial charge in [-0.05, 0) is 54.0 Å². The van der Waals surface area contributed by atoms with E-state index >= 15 is 0 Å². The highest BCUT2D eigenvalue weighted by Crippen LogP contribution is 2.38. The minimum atomic E-state index is 0.304. The van der Waals surface area contributed by atoms with Gasteiger partial charge in [-0.25, -0.2) is 0 Å². The van der Waals surface area contributed by atoms with Gasteiger partial charge in [0.25, 0.3) is 0 Å². The lowest BCUT2D eigenvalue weighted by Gasteiger charge is -2.31. The molecule has 1 unspecified atom stereocenters. The summed E-state index contributed by atoms with van der Waals surface area (Å²) < 4.78 is 0. The molecule has 2 nitrogen and oxygen atoms in total. The minimum Gasteiger partial charge on any atom is -0.366 e. The molecule has 3 aliphatic rings. The van der Waals surface area contributed by atoms with Gasteiger partial charge in [-0.1, -0.05) is 24.3 Å². The molecule has 0 fully saturated rings. The molecule has 102 valence electrons. The van der Waals surface area contributed by atoms with E-state index in [1.54, 1.807) is 0 Å². The zero-order valence-electron chi connectivity index (χ0n) is 11.6. The van der Waals surface area contributed by atoms with Crippen molar-refractivity contribution in [3.63, 3.8) is 0 Å². The first kappa shape index (κ1) is 12.0. The maximum Gasteiger partial charge on any atom is 0.155 e. The smallest absolute Gasteiger partial charge is 0.155 e. The molecule has 0 spiro atoms. The Labute approximate surface area is 119 Å². The van der Waals surface area contributed by atoms with Crippen molar-refractivity contribution < 1.29 is 4.79 Å². The number of fused-ring (bicyclic) bond motifs is 2. The predicted octanol–water partition coefficient (Wildman–Crippen LogP) is 3.59. The van der Waals surface area contributed by atoms with E-state index in [2.05, 4.69) is 35.2 Å². The first-order valence-electron chi connectivity index (χ1n) is 7.56. The van der Waals surface area contributed by atoms with Crippen molar-refractivity contribution in [2.75, 3.05) is 0 Å². The van der Waals surface area contributed by atoms with E-state index in [1.165, 1.54) is 28.8 Å². The summed E-state index contributed by atoms with van der Waals surface area (Å²) in [5.74, 6) is 0.930. The number of allylic oxidation sites excluding steroid dienone is 4. The molecule has 20 heavy (non-hydrogen) atoms. The second kappa shape index (κ2) is 4.62. The second-order valence-electron chi connectivity index (χ2n) is 6.15. The third-order valence-electron chi connectivity index (χ3n) is 4.87. The van der Waals surface area contributed by atoms with Crippen LogP contribution in [0.2, 0.25) is 0 Å². The maximum atomic E-state index is 11.6. The highest BCUT2D eigenvalue weighted by atomic mass is 16.1. The zero-order valence-corrected chi connectivity index (χ0v) is 11.6. The van der Waals surface area contributed by atoms with E-state index in [0.717, 1.165) is 32.4 Å². The van der Waals surface area contributed by atoms with Gasteiger partial charge in [0.15, 0.2) is 5.78 Å². The van der Waals surface area contributed by atoms with Crippen LogP contribution in [0.4, 0.5) is 0 Å². The lowest BCUT2D eigenvalue weighted by atomic mass is 9.80. The molecule has 1 aliphatic heterocycles. The number of carbonyl (C=O) groups is 1. The molecule has 0 radical (unpaired) electrons. The summed E-state index contributed by atoms with van der Waals surface area (Å²) in [5, 5.41) is 0. The van der Waals surface area contributed by atoms with Gasteiger partial charge >= 0.3 is 0 Å². The first-order valence-corrected chi connectivity index (χ1v) is 7.56. The Bertz CT molecular complexity index is 601. The Morgan fingerprint density at radius 2 is 1.65 bits per heavy atom. The molecule has 2 heteroatoms. The SMILES string of the molecule is O=C1C=C2C=C(N3Cc4ccccc4C3)CCC2CC1.